The largest absolute Gasteiger partial charge is 0.496 e. The molecule has 0 spiro atoms. The SMILES string of the molecule is COc1ccccc1C1(CNC(=O)C2(S(C)(=O)=O)CCNCC2)CCCC1. The Bertz CT molecular complexity index is 779. The number of para-hydroxylation sites is 1. The Morgan fingerprint density at radius 1 is 1.15 bits per heavy atom. The van der Waals surface area contributed by atoms with Gasteiger partial charge in [0.1, 0.15) is 5.75 Å². The number of rotatable bonds is 6. The van der Waals surface area contributed by atoms with Crippen molar-refractivity contribution in [3.8, 4) is 5.75 Å². The Morgan fingerprint density at radius 3 is 2.37 bits per heavy atom. The second-order valence-electron chi connectivity index (χ2n) is 7.89. The van der Waals surface area contributed by atoms with E-state index < -0.39 is 14.6 Å². The van der Waals surface area contributed by atoms with Crippen molar-refractivity contribution in [1.29, 1.82) is 0 Å². The summed E-state index contributed by atoms with van der Waals surface area (Å²) >= 11 is 0. The number of sulfone groups is 1. The standard InChI is InChI=1S/C20H30N2O4S/c1-26-17-8-4-3-7-16(17)19(9-5-6-10-19)15-22-18(23)20(27(2,24)25)11-13-21-14-12-20/h3-4,7-8,21H,5-6,9-15H2,1-2H3,(H,22,23). The van der Waals surface area contributed by atoms with Gasteiger partial charge in [-0.1, -0.05) is 31.0 Å². The molecule has 2 aliphatic rings. The van der Waals surface area contributed by atoms with Crippen LogP contribution in [0.25, 0.3) is 0 Å². The summed E-state index contributed by atoms with van der Waals surface area (Å²) in [5.74, 6) is 0.473. The lowest BCUT2D eigenvalue weighted by molar-refractivity contribution is -0.124. The van der Waals surface area contributed by atoms with Crippen LogP contribution in [0.5, 0.6) is 5.75 Å². The molecule has 1 aliphatic carbocycles. The Kier molecular flexibility index (Phi) is 5.82. The smallest absolute Gasteiger partial charge is 0.241 e. The van der Waals surface area contributed by atoms with Crippen LogP contribution in [0.3, 0.4) is 0 Å². The van der Waals surface area contributed by atoms with Crippen molar-refractivity contribution in [2.75, 3.05) is 33.0 Å². The maximum Gasteiger partial charge on any atom is 0.241 e. The van der Waals surface area contributed by atoms with Gasteiger partial charge < -0.3 is 15.4 Å². The van der Waals surface area contributed by atoms with Crippen LogP contribution in [0.15, 0.2) is 24.3 Å². The molecule has 1 heterocycles. The van der Waals surface area contributed by atoms with E-state index in [1.54, 1.807) is 7.11 Å². The van der Waals surface area contributed by atoms with Gasteiger partial charge in [0, 0.05) is 23.8 Å². The lowest BCUT2D eigenvalue weighted by atomic mass is 9.78. The molecule has 0 aromatic heterocycles. The Morgan fingerprint density at radius 2 is 1.78 bits per heavy atom. The van der Waals surface area contributed by atoms with Crippen LogP contribution in [0.2, 0.25) is 0 Å². The van der Waals surface area contributed by atoms with E-state index in [-0.39, 0.29) is 11.3 Å². The fourth-order valence-corrected chi connectivity index (χ4v) is 6.04. The lowest BCUT2D eigenvalue weighted by Crippen LogP contribution is -2.58. The molecule has 150 valence electrons. The Labute approximate surface area is 162 Å². The first-order chi connectivity index (χ1) is 12.8. The fraction of sp³-hybridized carbons (Fsp3) is 0.650. The van der Waals surface area contributed by atoms with Crippen LogP contribution in [0.1, 0.15) is 44.1 Å². The minimum atomic E-state index is -3.51. The van der Waals surface area contributed by atoms with Crippen molar-refractivity contribution in [2.24, 2.45) is 0 Å². The van der Waals surface area contributed by atoms with Crippen molar-refractivity contribution in [1.82, 2.24) is 10.6 Å². The van der Waals surface area contributed by atoms with Gasteiger partial charge in [-0.2, -0.15) is 0 Å². The molecule has 27 heavy (non-hydrogen) atoms. The first-order valence-corrected chi connectivity index (χ1v) is 11.6. The third kappa shape index (κ3) is 3.72. The predicted molar refractivity (Wildman–Crippen MR) is 106 cm³/mol. The zero-order valence-corrected chi connectivity index (χ0v) is 17.0. The highest BCUT2D eigenvalue weighted by atomic mass is 32.2. The highest BCUT2D eigenvalue weighted by Crippen LogP contribution is 2.44. The number of hydrogen-bond acceptors (Lipinski definition) is 5. The minimum Gasteiger partial charge on any atom is -0.496 e. The molecular formula is C20H30N2O4S. The van der Waals surface area contributed by atoms with Crippen LogP contribution < -0.4 is 15.4 Å². The van der Waals surface area contributed by atoms with E-state index in [9.17, 15) is 13.2 Å². The number of amides is 1. The van der Waals surface area contributed by atoms with Gasteiger partial charge in [0.2, 0.25) is 5.91 Å². The number of ether oxygens (including phenoxy) is 1. The molecule has 0 bridgehead atoms. The highest BCUT2D eigenvalue weighted by Gasteiger charge is 2.49. The van der Waals surface area contributed by atoms with Gasteiger partial charge >= 0.3 is 0 Å². The van der Waals surface area contributed by atoms with E-state index in [0.29, 0.717) is 32.5 Å². The fourth-order valence-electron chi connectivity index (χ4n) is 4.68. The van der Waals surface area contributed by atoms with Gasteiger partial charge in [0.05, 0.1) is 7.11 Å². The average Bonchev–Trinajstić information content (AvgIpc) is 3.15. The molecule has 1 aromatic rings. The summed E-state index contributed by atoms with van der Waals surface area (Å²) in [7, 11) is -1.85. The van der Waals surface area contributed by atoms with Gasteiger partial charge in [-0.3, -0.25) is 4.79 Å². The highest BCUT2D eigenvalue weighted by molar-refractivity contribution is 7.92. The van der Waals surface area contributed by atoms with Crippen molar-refractivity contribution in [2.45, 2.75) is 48.7 Å². The zero-order chi connectivity index (χ0) is 19.5. The third-order valence-corrected chi connectivity index (χ3v) is 8.37. The quantitative estimate of drug-likeness (QED) is 0.768. The molecule has 0 unspecified atom stereocenters. The molecular weight excluding hydrogens is 364 g/mol. The van der Waals surface area contributed by atoms with E-state index in [1.165, 1.54) is 6.26 Å². The van der Waals surface area contributed by atoms with Crippen LogP contribution in [-0.4, -0.2) is 52.1 Å². The zero-order valence-electron chi connectivity index (χ0n) is 16.2. The molecule has 6 nitrogen and oxygen atoms in total. The second kappa shape index (κ2) is 7.80. The number of piperidine rings is 1. The van der Waals surface area contributed by atoms with E-state index in [0.717, 1.165) is 37.0 Å². The summed E-state index contributed by atoms with van der Waals surface area (Å²) in [6, 6.07) is 7.94. The summed E-state index contributed by atoms with van der Waals surface area (Å²) in [6.45, 7) is 1.52. The maximum atomic E-state index is 13.1. The van der Waals surface area contributed by atoms with Crippen molar-refractivity contribution in [3.05, 3.63) is 29.8 Å². The van der Waals surface area contributed by atoms with Crippen LogP contribution in [0, 0.1) is 0 Å². The average molecular weight is 395 g/mol. The normalized spacial score (nSPS) is 21.6. The molecule has 0 atom stereocenters. The molecule has 7 heteroatoms. The summed E-state index contributed by atoms with van der Waals surface area (Å²) in [5.41, 5.74) is 0.900. The van der Waals surface area contributed by atoms with E-state index in [4.69, 9.17) is 4.74 Å². The van der Waals surface area contributed by atoms with Crippen LogP contribution in [-0.2, 0) is 20.0 Å². The molecule has 1 aliphatic heterocycles. The van der Waals surface area contributed by atoms with Gasteiger partial charge in [-0.15, -0.1) is 0 Å². The number of carbonyl (C=O) groups is 1. The van der Waals surface area contributed by atoms with Gasteiger partial charge in [0.15, 0.2) is 14.6 Å². The van der Waals surface area contributed by atoms with Crippen molar-refractivity contribution in [3.63, 3.8) is 0 Å². The number of methoxy groups -OCH3 is 1. The Hall–Kier alpha value is -1.60. The van der Waals surface area contributed by atoms with Crippen molar-refractivity contribution < 1.29 is 17.9 Å². The van der Waals surface area contributed by atoms with Crippen LogP contribution >= 0.6 is 0 Å². The Balaban J connectivity index is 1.85. The molecule has 1 saturated carbocycles. The summed E-state index contributed by atoms with van der Waals surface area (Å²) in [5, 5.41) is 6.18. The topological polar surface area (TPSA) is 84.5 Å². The first-order valence-electron chi connectivity index (χ1n) is 9.67. The number of carbonyl (C=O) groups excluding carboxylic acids is 1. The third-order valence-electron chi connectivity index (χ3n) is 6.36. The minimum absolute atomic E-state index is 0.201. The van der Waals surface area contributed by atoms with Gasteiger partial charge in [-0.25, -0.2) is 8.42 Å². The van der Waals surface area contributed by atoms with Gasteiger partial charge in [-0.05, 0) is 44.8 Å². The van der Waals surface area contributed by atoms with E-state index >= 15 is 0 Å². The number of nitrogens with one attached hydrogen (secondary N) is 2. The lowest BCUT2D eigenvalue weighted by Gasteiger charge is -2.37. The van der Waals surface area contributed by atoms with Gasteiger partial charge in [0.25, 0.3) is 0 Å². The summed E-state index contributed by atoms with van der Waals surface area (Å²) in [6.07, 6.45) is 5.92. The molecule has 2 fully saturated rings. The molecule has 1 amide bonds. The number of hydrogen-bond donors (Lipinski definition) is 2. The monoisotopic (exact) mass is 394 g/mol. The molecule has 1 aromatic carbocycles. The molecule has 0 radical (unpaired) electrons. The second-order valence-corrected chi connectivity index (χ2v) is 10.2. The predicted octanol–water partition coefficient (Wildman–Crippen LogP) is 1.79. The van der Waals surface area contributed by atoms with E-state index in [2.05, 4.69) is 16.7 Å². The summed E-state index contributed by atoms with van der Waals surface area (Å²) in [4.78, 5) is 13.1. The molecule has 3 rings (SSSR count). The summed E-state index contributed by atoms with van der Waals surface area (Å²) < 4.78 is 29.2. The van der Waals surface area contributed by atoms with Crippen molar-refractivity contribution >= 4 is 15.7 Å². The number of benzene rings is 1. The molecule has 1 saturated heterocycles. The molecule has 2 N–H and O–H groups in total. The van der Waals surface area contributed by atoms with Crippen LogP contribution in [0.4, 0.5) is 0 Å². The van der Waals surface area contributed by atoms with E-state index in [1.807, 2.05) is 18.2 Å². The first kappa shape index (κ1) is 20.1. The maximum absolute atomic E-state index is 13.1.